The molecule has 76 valence electrons. The second-order valence-corrected chi connectivity index (χ2v) is 3.74. The smallest absolute Gasteiger partial charge is 0.137 e. The van der Waals surface area contributed by atoms with Crippen LogP contribution < -0.4 is 0 Å². The zero-order chi connectivity index (χ0) is 10.9. The lowest BCUT2D eigenvalue weighted by atomic mass is 10.0. The Morgan fingerprint density at radius 2 is 1.79 bits per heavy atom. The van der Waals surface area contributed by atoms with E-state index in [1.54, 1.807) is 0 Å². The molecule has 0 spiro atoms. The quantitative estimate of drug-likeness (QED) is 0.667. The molecule has 0 fully saturated rings. The van der Waals surface area contributed by atoms with Gasteiger partial charge in [-0.2, -0.15) is 0 Å². The summed E-state index contributed by atoms with van der Waals surface area (Å²) in [6.07, 6.45) is 0. The highest BCUT2D eigenvalue weighted by atomic mass is 16.5. The first kappa shape index (κ1) is 10.8. The summed E-state index contributed by atoms with van der Waals surface area (Å²) in [6, 6.07) is 0. The van der Waals surface area contributed by atoms with Gasteiger partial charge in [0.25, 0.3) is 0 Å². The SMILES string of the molecule is C=C(C)/C(C)=C(\C)c1noc(C)c1C. The van der Waals surface area contributed by atoms with Crippen molar-refractivity contribution < 1.29 is 4.52 Å². The molecule has 0 atom stereocenters. The van der Waals surface area contributed by atoms with Crippen LogP contribution in [-0.4, -0.2) is 5.16 Å². The van der Waals surface area contributed by atoms with Gasteiger partial charge in [0.05, 0.1) is 0 Å². The predicted octanol–water partition coefficient (Wildman–Crippen LogP) is 3.66. The van der Waals surface area contributed by atoms with Crippen molar-refractivity contribution in [2.75, 3.05) is 0 Å². The molecule has 0 aliphatic carbocycles. The molecule has 0 amide bonds. The molecule has 1 aromatic heterocycles. The van der Waals surface area contributed by atoms with Gasteiger partial charge < -0.3 is 4.52 Å². The fraction of sp³-hybridized carbons (Fsp3) is 0.417. The predicted molar refractivity (Wildman–Crippen MR) is 59.1 cm³/mol. The molecule has 0 aliphatic rings. The van der Waals surface area contributed by atoms with Crippen LogP contribution in [0.1, 0.15) is 37.8 Å². The third kappa shape index (κ3) is 1.79. The molecule has 0 aliphatic heterocycles. The molecule has 1 rings (SSSR count). The maximum Gasteiger partial charge on any atom is 0.137 e. The maximum absolute atomic E-state index is 5.13. The van der Waals surface area contributed by atoms with Gasteiger partial charge in [-0.1, -0.05) is 17.3 Å². The second-order valence-electron chi connectivity index (χ2n) is 3.74. The van der Waals surface area contributed by atoms with Crippen LogP contribution >= 0.6 is 0 Å². The number of hydrogen-bond donors (Lipinski definition) is 0. The highest BCUT2D eigenvalue weighted by molar-refractivity contribution is 5.69. The minimum Gasteiger partial charge on any atom is -0.361 e. The Morgan fingerprint density at radius 1 is 1.21 bits per heavy atom. The fourth-order valence-corrected chi connectivity index (χ4v) is 1.27. The summed E-state index contributed by atoms with van der Waals surface area (Å²) in [5.74, 6) is 0.883. The Kier molecular flexibility index (Phi) is 2.94. The number of aromatic nitrogens is 1. The molecule has 0 saturated carbocycles. The van der Waals surface area contributed by atoms with Crippen molar-refractivity contribution in [3.05, 3.63) is 34.7 Å². The van der Waals surface area contributed by atoms with Crippen molar-refractivity contribution in [2.24, 2.45) is 0 Å². The molecule has 0 radical (unpaired) electrons. The molecule has 0 bridgehead atoms. The van der Waals surface area contributed by atoms with E-state index in [1.165, 1.54) is 5.57 Å². The number of hydrogen-bond acceptors (Lipinski definition) is 2. The molecule has 0 unspecified atom stereocenters. The highest BCUT2D eigenvalue weighted by Gasteiger charge is 2.11. The molecule has 14 heavy (non-hydrogen) atoms. The Bertz CT molecular complexity index is 396. The van der Waals surface area contributed by atoms with Crippen molar-refractivity contribution in [1.82, 2.24) is 5.16 Å². The van der Waals surface area contributed by atoms with Crippen LogP contribution in [0, 0.1) is 13.8 Å². The lowest BCUT2D eigenvalue weighted by Crippen LogP contribution is -1.89. The van der Waals surface area contributed by atoms with E-state index >= 15 is 0 Å². The second kappa shape index (κ2) is 3.82. The van der Waals surface area contributed by atoms with Gasteiger partial charge in [0.2, 0.25) is 0 Å². The molecule has 1 aromatic rings. The van der Waals surface area contributed by atoms with Crippen molar-refractivity contribution in [2.45, 2.75) is 34.6 Å². The van der Waals surface area contributed by atoms with E-state index < -0.39 is 0 Å². The Balaban J connectivity index is 3.25. The number of aryl methyl sites for hydroxylation is 1. The lowest BCUT2D eigenvalue weighted by Gasteiger charge is -2.04. The van der Waals surface area contributed by atoms with Crippen LogP contribution in [-0.2, 0) is 0 Å². The average Bonchev–Trinajstić information content (AvgIpc) is 2.45. The Hall–Kier alpha value is -1.31. The zero-order valence-electron chi connectivity index (χ0n) is 9.56. The van der Waals surface area contributed by atoms with E-state index in [2.05, 4.69) is 18.7 Å². The van der Waals surface area contributed by atoms with E-state index in [1.807, 2.05) is 27.7 Å². The summed E-state index contributed by atoms with van der Waals surface area (Å²) in [6.45, 7) is 14.0. The summed E-state index contributed by atoms with van der Waals surface area (Å²) >= 11 is 0. The lowest BCUT2D eigenvalue weighted by molar-refractivity contribution is 0.395. The zero-order valence-corrected chi connectivity index (χ0v) is 9.56. The Morgan fingerprint density at radius 3 is 2.14 bits per heavy atom. The molecule has 2 heteroatoms. The fourth-order valence-electron chi connectivity index (χ4n) is 1.27. The van der Waals surface area contributed by atoms with Gasteiger partial charge in [-0.25, -0.2) is 0 Å². The van der Waals surface area contributed by atoms with Gasteiger partial charge in [-0.05, 0) is 45.8 Å². The topological polar surface area (TPSA) is 26.0 Å². The molecular weight excluding hydrogens is 174 g/mol. The largest absolute Gasteiger partial charge is 0.361 e. The molecule has 2 nitrogen and oxygen atoms in total. The first-order chi connectivity index (χ1) is 6.45. The van der Waals surface area contributed by atoms with E-state index in [4.69, 9.17) is 4.52 Å². The van der Waals surface area contributed by atoms with Gasteiger partial charge in [-0.15, -0.1) is 0 Å². The first-order valence-corrected chi connectivity index (χ1v) is 4.71. The standard InChI is InChI=1S/C12H17NO/c1-7(2)8(3)9(4)12-10(5)11(6)14-13-12/h1H2,2-6H3/b9-8+. The van der Waals surface area contributed by atoms with E-state index in [-0.39, 0.29) is 0 Å². The number of nitrogens with zero attached hydrogens (tertiary/aromatic N) is 1. The third-order valence-corrected chi connectivity index (χ3v) is 2.72. The molecule has 1 heterocycles. The van der Waals surface area contributed by atoms with Gasteiger partial charge >= 0.3 is 0 Å². The normalized spacial score (nSPS) is 12.6. The minimum absolute atomic E-state index is 0.883. The molecule has 0 aromatic carbocycles. The Labute approximate surface area is 85.3 Å². The van der Waals surface area contributed by atoms with E-state index in [0.29, 0.717) is 0 Å². The summed E-state index contributed by atoms with van der Waals surface area (Å²) < 4.78 is 5.13. The number of allylic oxidation sites excluding steroid dienone is 3. The van der Waals surface area contributed by atoms with Crippen LogP contribution in [0.25, 0.3) is 5.57 Å². The first-order valence-electron chi connectivity index (χ1n) is 4.71. The summed E-state index contributed by atoms with van der Waals surface area (Å²) in [5, 5.41) is 4.04. The van der Waals surface area contributed by atoms with Crippen molar-refractivity contribution in [3.8, 4) is 0 Å². The summed E-state index contributed by atoms with van der Waals surface area (Å²) in [5.41, 5.74) is 5.46. The van der Waals surface area contributed by atoms with Crippen LogP contribution in [0.2, 0.25) is 0 Å². The summed E-state index contributed by atoms with van der Waals surface area (Å²) in [4.78, 5) is 0. The highest BCUT2D eigenvalue weighted by Crippen LogP contribution is 2.25. The van der Waals surface area contributed by atoms with E-state index in [9.17, 15) is 0 Å². The average molecular weight is 191 g/mol. The van der Waals surface area contributed by atoms with Crippen molar-refractivity contribution in [3.63, 3.8) is 0 Å². The third-order valence-electron chi connectivity index (χ3n) is 2.72. The molecular formula is C12H17NO. The minimum atomic E-state index is 0.883. The van der Waals surface area contributed by atoms with Crippen LogP contribution in [0.3, 0.4) is 0 Å². The van der Waals surface area contributed by atoms with Crippen LogP contribution in [0.15, 0.2) is 22.2 Å². The van der Waals surface area contributed by atoms with E-state index in [0.717, 1.165) is 28.2 Å². The van der Waals surface area contributed by atoms with Crippen molar-refractivity contribution in [1.29, 1.82) is 0 Å². The van der Waals surface area contributed by atoms with Crippen LogP contribution in [0.5, 0.6) is 0 Å². The van der Waals surface area contributed by atoms with Gasteiger partial charge in [0, 0.05) is 5.56 Å². The van der Waals surface area contributed by atoms with Gasteiger partial charge in [0.1, 0.15) is 11.5 Å². The monoisotopic (exact) mass is 191 g/mol. The van der Waals surface area contributed by atoms with Crippen molar-refractivity contribution >= 4 is 5.57 Å². The summed E-state index contributed by atoms with van der Waals surface area (Å²) in [7, 11) is 0. The number of rotatable bonds is 2. The van der Waals surface area contributed by atoms with Gasteiger partial charge in [0.15, 0.2) is 0 Å². The molecule has 0 N–H and O–H groups in total. The molecule has 0 saturated heterocycles. The maximum atomic E-state index is 5.13. The van der Waals surface area contributed by atoms with Crippen LogP contribution in [0.4, 0.5) is 0 Å². The van der Waals surface area contributed by atoms with Gasteiger partial charge in [-0.3, -0.25) is 0 Å².